The lowest BCUT2D eigenvalue weighted by molar-refractivity contribution is -0.0965. The minimum absolute atomic E-state index is 0.0198. The van der Waals surface area contributed by atoms with Gasteiger partial charge >= 0.3 is 5.97 Å². The number of carboxylic acids is 1. The summed E-state index contributed by atoms with van der Waals surface area (Å²) in [5.41, 5.74) is -0.157. The van der Waals surface area contributed by atoms with E-state index in [-0.39, 0.29) is 26.9 Å². The molecular formula is C12H14BrNO5S. The summed E-state index contributed by atoms with van der Waals surface area (Å²) in [6, 6.07) is 3.80. The molecule has 0 spiro atoms. The van der Waals surface area contributed by atoms with E-state index in [4.69, 9.17) is 9.84 Å². The molecule has 0 atom stereocenters. The van der Waals surface area contributed by atoms with Crippen LogP contribution in [0.15, 0.2) is 27.6 Å². The van der Waals surface area contributed by atoms with E-state index < -0.39 is 16.0 Å². The zero-order valence-corrected chi connectivity index (χ0v) is 13.1. The number of sulfonamides is 1. The summed E-state index contributed by atoms with van der Waals surface area (Å²) in [4.78, 5) is 10.8. The molecule has 1 aliphatic rings. The summed E-state index contributed by atoms with van der Waals surface area (Å²) in [5, 5.41) is 8.85. The molecule has 1 aromatic carbocycles. The highest BCUT2D eigenvalue weighted by Gasteiger charge is 2.34. The summed E-state index contributed by atoms with van der Waals surface area (Å²) < 4.78 is 32.2. The number of nitrogens with one attached hydrogen (secondary N) is 1. The number of halogens is 1. The third-order valence-corrected chi connectivity index (χ3v) is 5.44. The van der Waals surface area contributed by atoms with Crippen LogP contribution in [0.1, 0.15) is 17.3 Å². The largest absolute Gasteiger partial charge is 0.478 e. The second-order valence-corrected chi connectivity index (χ2v) is 7.67. The molecule has 6 nitrogen and oxygen atoms in total. The minimum atomic E-state index is -3.69. The van der Waals surface area contributed by atoms with Crippen molar-refractivity contribution in [3.05, 3.63) is 28.2 Å². The van der Waals surface area contributed by atoms with Crippen LogP contribution in [0.4, 0.5) is 0 Å². The lowest BCUT2D eigenvalue weighted by Crippen LogP contribution is -2.48. The first kappa shape index (κ1) is 15.4. The predicted molar refractivity (Wildman–Crippen MR) is 75.2 cm³/mol. The smallest absolute Gasteiger partial charge is 0.335 e. The molecule has 0 aliphatic carbocycles. The lowest BCUT2D eigenvalue weighted by Gasteiger charge is -2.37. The van der Waals surface area contributed by atoms with Crippen LogP contribution in [-0.2, 0) is 14.8 Å². The van der Waals surface area contributed by atoms with E-state index in [9.17, 15) is 13.2 Å². The number of carbonyl (C=O) groups is 1. The Hall–Kier alpha value is -0.960. The molecule has 0 aromatic heterocycles. The van der Waals surface area contributed by atoms with Crippen LogP contribution in [0, 0.1) is 5.41 Å². The summed E-state index contributed by atoms with van der Waals surface area (Å²) >= 11 is 3.10. The molecule has 0 saturated carbocycles. The minimum Gasteiger partial charge on any atom is -0.478 e. The van der Waals surface area contributed by atoms with E-state index >= 15 is 0 Å². The van der Waals surface area contributed by atoms with Gasteiger partial charge in [-0.3, -0.25) is 0 Å². The second-order valence-electron chi connectivity index (χ2n) is 5.08. The molecule has 0 unspecified atom stereocenters. The summed E-state index contributed by atoms with van der Waals surface area (Å²) in [6.07, 6.45) is 0. The van der Waals surface area contributed by atoms with E-state index in [1.165, 1.54) is 18.2 Å². The summed E-state index contributed by atoms with van der Waals surface area (Å²) in [7, 11) is -3.69. The molecule has 0 radical (unpaired) electrons. The van der Waals surface area contributed by atoms with Crippen molar-refractivity contribution in [1.82, 2.24) is 4.72 Å². The van der Waals surface area contributed by atoms with Crippen molar-refractivity contribution >= 4 is 31.9 Å². The van der Waals surface area contributed by atoms with E-state index in [0.29, 0.717) is 13.2 Å². The number of hydrogen-bond donors (Lipinski definition) is 2. The molecule has 2 N–H and O–H groups in total. The highest BCUT2D eigenvalue weighted by atomic mass is 79.9. The van der Waals surface area contributed by atoms with E-state index in [1.807, 2.05) is 6.92 Å². The fraction of sp³-hybridized carbons (Fsp3) is 0.417. The van der Waals surface area contributed by atoms with Crippen molar-refractivity contribution in [2.45, 2.75) is 11.8 Å². The Morgan fingerprint density at radius 1 is 1.50 bits per heavy atom. The topological polar surface area (TPSA) is 92.7 Å². The zero-order valence-electron chi connectivity index (χ0n) is 10.7. The number of ether oxygens (including phenoxy) is 1. The molecular weight excluding hydrogens is 350 g/mol. The Morgan fingerprint density at radius 2 is 2.15 bits per heavy atom. The van der Waals surface area contributed by atoms with Gasteiger partial charge in [-0.2, -0.15) is 0 Å². The van der Waals surface area contributed by atoms with Crippen LogP contribution < -0.4 is 4.72 Å². The van der Waals surface area contributed by atoms with Gasteiger partial charge in [0, 0.05) is 16.4 Å². The Morgan fingerprint density at radius 3 is 2.60 bits per heavy atom. The highest BCUT2D eigenvalue weighted by Crippen LogP contribution is 2.27. The fourth-order valence-corrected chi connectivity index (χ4v) is 4.03. The van der Waals surface area contributed by atoms with Crippen molar-refractivity contribution in [1.29, 1.82) is 0 Å². The van der Waals surface area contributed by atoms with Gasteiger partial charge in [-0.05, 0) is 34.1 Å². The van der Waals surface area contributed by atoms with Crippen molar-refractivity contribution in [2.24, 2.45) is 5.41 Å². The van der Waals surface area contributed by atoms with Crippen molar-refractivity contribution in [3.8, 4) is 0 Å². The molecule has 1 fully saturated rings. The zero-order chi connectivity index (χ0) is 15.0. The normalized spacial score (nSPS) is 17.5. The van der Waals surface area contributed by atoms with Gasteiger partial charge in [-0.25, -0.2) is 17.9 Å². The highest BCUT2D eigenvalue weighted by molar-refractivity contribution is 9.10. The number of aromatic carboxylic acids is 1. The molecule has 0 bridgehead atoms. The molecule has 110 valence electrons. The van der Waals surface area contributed by atoms with Crippen molar-refractivity contribution in [3.63, 3.8) is 0 Å². The number of hydrogen-bond acceptors (Lipinski definition) is 4. The first-order valence-electron chi connectivity index (χ1n) is 5.84. The monoisotopic (exact) mass is 363 g/mol. The maximum absolute atomic E-state index is 12.2. The summed E-state index contributed by atoms with van der Waals surface area (Å²) in [6.45, 7) is 3.26. The first-order valence-corrected chi connectivity index (χ1v) is 8.11. The lowest BCUT2D eigenvalue weighted by atomic mass is 9.89. The standard InChI is InChI=1S/C12H14BrNO5S/c1-12(6-19-7-12)5-14-20(17,18)10-3-2-8(11(15)16)4-9(10)13/h2-4,14H,5-7H2,1H3,(H,15,16). The average molecular weight is 364 g/mol. The predicted octanol–water partition coefficient (Wildman–Crippen LogP) is 1.46. The first-order chi connectivity index (χ1) is 9.23. The van der Waals surface area contributed by atoms with E-state index in [1.54, 1.807) is 0 Å². The Kier molecular flexibility index (Phi) is 4.19. The molecule has 2 rings (SSSR count). The van der Waals surface area contributed by atoms with Gasteiger partial charge in [-0.1, -0.05) is 6.92 Å². The van der Waals surface area contributed by atoms with Crippen LogP contribution >= 0.6 is 15.9 Å². The van der Waals surface area contributed by atoms with Crippen molar-refractivity contribution in [2.75, 3.05) is 19.8 Å². The molecule has 20 heavy (non-hydrogen) atoms. The molecule has 8 heteroatoms. The number of carboxylic acid groups (broad SMARTS) is 1. The van der Waals surface area contributed by atoms with Gasteiger partial charge in [0.2, 0.25) is 10.0 Å². The molecule has 0 amide bonds. The molecule has 1 saturated heterocycles. The van der Waals surface area contributed by atoms with Crippen LogP contribution in [0.3, 0.4) is 0 Å². The number of rotatable bonds is 5. The van der Waals surface area contributed by atoms with Crippen LogP contribution in [0.25, 0.3) is 0 Å². The quantitative estimate of drug-likeness (QED) is 0.825. The second kappa shape index (κ2) is 5.44. The maximum Gasteiger partial charge on any atom is 0.335 e. The van der Waals surface area contributed by atoms with Crippen molar-refractivity contribution < 1.29 is 23.1 Å². The third kappa shape index (κ3) is 3.20. The van der Waals surface area contributed by atoms with Crippen LogP contribution in [0.5, 0.6) is 0 Å². The van der Waals surface area contributed by atoms with Gasteiger partial charge in [0.15, 0.2) is 0 Å². The van der Waals surface area contributed by atoms with Crippen LogP contribution in [0.2, 0.25) is 0 Å². The average Bonchev–Trinajstić information content (AvgIpc) is 2.33. The van der Waals surface area contributed by atoms with E-state index in [2.05, 4.69) is 20.7 Å². The molecule has 1 aliphatic heterocycles. The van der Waals surface area contributed by atoms with Gasteiger partial charge in [0.25, 0.3) is 0 Å². The molecule has 1 heterocycles. The summed E-state index contributed by atoms with van der Waals surface area (Å²) in [5.74, 6) is -1.11. The van der Waals surface area contributed by atoms with Gasteiger partial charge in [0.1, 0.15) is 0 Å². The van der Waals surface area contributed by atoms with Gasteiger partial charge in [-0.15, -0.1) is 0 Å². The third-order valence-electron chi connectivity index (χ3n) is 3.06. The van der Waals surface area contributed by atoms with E-state index in [0.717, 1.165) is 0 Å². The van der Waals surface area contributed by atoms with Gasteiger partial charge in [0.05, 0.1) is 23.7 Å². The SMILES string of the molecule is CC1(CNS(=O)(=O)c2ccc(C(=O)O)cc2Br)COC1. The maximum atomic E-state index is 12.2. The molecule has 1 aromatic rings. The van der Waals surface area contributed by atoms with Crippen LogP contribution in [-0.4, -0.2) is 39.3 Å². The fourth-order valence-electron chi connectivity index (χ4n) is 1.75. The van der Waals surface area contributed by atoms with Gasteiger partial charge < -0.3 is 9.84 Å². The Balaban J connectivity index is 2.18. The number of benzene rings is 1. The Bertz CT molecular complexity index is 639. The Labute approximate surface area is 125 Å².